The summed E-state index contributed by atoms with van der Waals surface area (Å²) in [5.41, 5.74) is 1.33. The maximum Gasteiger partial charge on any atom is 0.222 e. The molecule has 1 aromatic carbocycles. The van der Waals surface area contributed by atoms with E-state index in [-0.39, 0.29) is 17.9 Å². The summed E-state index contributed by atoms with van der Waals surface area (Å²) < 4.78 is 0. The highest BCUT2D eigenvalue weighted by Crippen LogP contribution is 2.05. The number of aryl methyl sites for hydroxylation is 1. The highest BCUT2D eigenvalue weighted by molar-refractivity contribution is 5.78. The number of amides is 1. The van der Waals surface area contributed by atoms with Gasteiger partial charge in [-0.1, -0.05) is 44.2 Å². The number of carbonyl (C=O) groups excluding carboxylic acids is 1. The summed E-state index contributed by atoms with van der Waals surface area (Å²) in [5, 5.41) is 3.01. The minimum atomic E-state index is 0.0687. The third-order valence-electron chi connectivity index (χ3n) is 2.62. The largest absolute Gasteiger partial charge is 0.353 e. The second-order valence-electron chi connectivity index (χ2n) is 4.59. The van der Waals surface area contributed by atoms with Crippen molar-refractivity contribution in [3.8, 4) is 0 Å². The van der Waals surface area contributed by atoms with E-state index in [1.54, 1.807) is 0 Å². The summed E-state index contributed by atoms with van der Waals surface area (Å²) >= 11 is 0. The first-order valence-corrected chi connectivity index (χ1v) is 5.94. The first-order chi connectivity index (χ1) is 7.59. The Labute approximate surface area is 98.1 Å². The SMILES string of the molecule is CC(C)C(=O)N[C@@H](C)CCc1ccccc1. The van der Waals surface area contributed by atoms with Crippen LogP contribution in [0.15, 0.2) is 30.3 Å². The minimum absolute atomic E-state index is 0.0687. The van der Waals surface area contributed by atoms with E-state index >= 15 is 0 Å². The summed E-state index contributed by atoms with van der Waals surface area (Å²) in [6.45, 7) is 5.89. The van der Waals surface area contributed by atoms with Gasteiger partial charge in [0, 0.05) is 12.0 Å². The van der Waals surface area contributed by atoms with Crippen molar-refractivity contribution < 1.29 is 4.79 Å². The maximum atomic E-state index is 11.5. The smallest absolute Gasteiger partial charge is 0.222 e. The molecule has 1 aromatic rings. The molecule has 1 N–H and O–H groups in total. The van der Waals surface area contributed by atoms with Gasteiger partial charge in [-0.3, -0.25) is 4.79 Å². The summed E-state index contributed by atoms with van der Waals surface area (Å²) in [6, 6.07) is 10.6. The van der Waals surface area contributed by atoms with Crippen molar-refractivity contribution in [2.75, 3.05) is 0 Å². The molecule has 1 atom stereocenters. The van der Waals surface area contributed by atoms with Crippen LogP contribution in [0, 0.1) is 5.92 Å². The summed E-state index contributed by atoms with van der Waals surface area (Å²) in [7, 11) is 0. The van der Waals surface area contributed by atoms with Crippen LogP contribution in [0.25, 0.3) is 0 Å². The molecular formula is C14H21NO. The fourth-order valence-corrected chi connectivity index (χ4v) is 1.51. The monoisotopic (exact) mass is 219 g/mol. The molecule has 0 aliphatic carbocycles. The van der Waals surface area contributed by atoms with Crippen molar-refractivity contribution in [2.45, 2.75) is 39.7 Å². The predicted molar refractivity (Wildman–Crippen MR) is 67.2 cm³/mol. The summed E-state index contributed by atoms with van der Waals surface area (Å²) in [5.74, 6) is 0.208. The highest BCUT2D eigenvalue weighted by Gasteiger charge is 2.10. The van der Waals surface area contributed by atoms with Crippen LogP contribution in [-0.4, -0.2) is 11.9 Å². The third kappa shape index (κ3) is 4.47. The number of benzene rings is 1. The van der Waals surface area contributed by atoms with Crippen LogP contribution in [0.2, 0.25) is 0 Å². The van der Waals surface area contributed by atoms with Crippen molar-refractivity contribution in [3.63, 3.8) is 0 Å². The maximum absolute atomic E-state index is 11.5. The van der Waals surface area contributed by atoms with Crippen LogP contribution in [0.5, 0.6) is 0 Å². The quantitative estimate of drug-likeness (QED) is 0.810. The van der Waals surface area contributed by atoms with Crippen molar-refractivity contribution in [1.82, 2.24) is 5.32 Å². The van der Waals surface area contributed by atoms with Crippen LogP contribution in [0.1, 0.15) is 32.8 Å². The van der Waals surface area contributed by atoms with E-state index in [2.05, 4.69) is 24.4 Å². The van der Waals surface area contributed by atoms with Gasteiger partial charge in [0.15, 0.2) is 0 Å². The average molecular weight is 219 g/mol. The molecule has 88 valence electrons. The van der Waals surface area contributed by atoms with Crippen molar-refractivity contribution in [2.24, 2.45) is 5.92 Å². The molecule has 0 unspecified atom stereocenters. The first-order valence-electron chi connectivity index (χ1n) is 5.94. The molecule has 0 heterocycles. The molecule has 16 heavy (non-hydrogen) atoms. The van der Waals surface area contributed by atoms with E-state index in [1.807, 2.05) is 32.0 Å². The van der Waals surface area contributed by atoms with Crippen LogP contribution in [0.4, 0.5) is 0 Å². The second kappa shape index (κ2) is 6.31. The Balaban J connectivity index is 2.30. The average Bonchev–Trinajstić information content (AvgIpc) is 2.27. The fourth-order valence-electron chi connectivity index (χ4n) is 1.51. The number of hydrogen-bond acceptors (Lipinski definition) is 1. The molecule has 2 heteroatoms. The first kappa shape index (κ1) is 12.8. The summed E-state index contributed by atoms with van der Waals surface area (Å²) in [4.78, 5) is 11.5. The molecule has 0 fully saturated rings. The van der Waals surface area contributed by atoms with Crippen molar-refractivity contribution in [3.05, 3.63) is 35.9 Å². The highest BCUT2D eigenvalue weighted by atomic mass is 16.1. The van der Waals surface area contributed by atoms with E-state index in [4.69, 9.17) is 0 Å². The van der Waals surface area contributed by atoms with E-state index in [9.17, 15) is 4.79 Å². The Morgan fingerprint density at radius 2 is 1.81 bits per heavy atom. The van der Waals surface area contributed by atoms with E-state index in [0.717, 1.165) is 12.8 Å². The molecule has 1 amide bonds. The molecule has 2 nitrogen and oxygen atoms in total. The molecule has 0 bridgehead atoms. The molecule has 0 aromatic heterocycles. The Bertz CT molecular complexity index is 319. The Morgan fingerprint density at radius 3 is 2.38 bits per heavy atom. The summed E-state index contributed by atoms with van der Waals surface area (Å²) in [6.07, 6.45) is 2.00. The van der Waals surface area contributed by atoms with Crippen LogP contribution >= 0.6 is 0 Å². The molecule has 0 aliphatic heterocycles. The molecule has 0 saturated carbocycles. The molecule has 0 radical (unpaired) electrons. The predicted octanol–water partition coefficient (Wildman–Crippen LogP) is 2.78. The Morgan fingerprint density at radius 1 is 1.19 bits per heavy atom. The van der Waals surface area contributed by atoms with Crippen LogP contribution in [-0.2, 0) is 11.2 Å². The van der Waals surface area contributed by atoms with Gasteiger partial charge in [-0.25, -0.2) is 0 Å². The lowest BCUT2D eigenvalue weighted by atomic mass is 10.1. The van der Waals surface area contributed by atoms with Gasteiger partial charge >= 0.3 is 0 Å². The van der Waals surface area contributed by atoms with Gasteiger partial charge in [-0.15, -0.1) is 0 Å². The lowest BCUT2D eigenvalue weighted by molar-refractivity contribution is -0.124. The van der Waals surface area contributed by atoms with Gasteiger partial charge in [0.05, 0.1) is 0 Å². The van der Waals surface area contributed by atoms with Gasteiger partial charge in [-0.2, -0.15) is 0 Å². The van der Waals surface area contributed by atoms with Crippen molar-refractivity contribution >= 4 is 5.91 Å². The van der Waals surface area contributed by atoms with E-state index in [1.165, 1.54) is 5.56 Å². The Kier molecular flexibility index (Phi) is 5.03. The zero-order valence-electron chi connectivity index (χ0n) is 10.4. The number of nitrogens with one attached hydrogen (secondary N) is 1. The lowest BCUT2D eigenvalue weighted by Crippen LogP contribution is -2.35. The lowest BCUT2D eigenvalue weighted by Gasteiger charge is -2.15. The normalized spacial score (nSPS) is 12.5. The molecule has 1 rings (SSSR count). The van der Waals surface area contributed by atoms with Gasteiger partial charge in [0.2, 0.25) is 5.91 Å². The minimum Gasteiger partial charge on any atom is -0.353 e. The van der Waals surface area contributed by atoms with Crippen LogP contribution < -0.4 is 5.32 Å². The number of carbonyl (C=O) groups is 1. The second-order valence-corrected chi connectivity index (χ2v) is 4.59. The van der Waals surface area contributed by atoms with Gasteiger partial charge < -0.3 is 5.32 Å². The Hall–Kier alpha value is -1.31. The van der Waals surface area contributed by atoms with Gasteiger partial charge in [-0.05, 0) is 25.3 Å². The zero-order valence-corrected chi connectivity index (χ0v) is 10.4. The zero-order chi connectivity index (χ0) is 12.0. The molecule has 0 saturated heterocycles. The van der Waals surface area contributed by atoms with Gasteiger partial charge in [0.25, 0.3) is 0 Å². The molecule has 0 spiro atoms. The third-order valence-corrected chi connectivity index (χ3v) is 2.62. The topological polar surface area (TPSA) is 29.1 Å². The van der Waals surface area contributed by atoms with Crippen LogP contribution in [0.3, 0.4) is 0 Å². The standard InChI is InChI=1S/C14H21NO/c1-11(2)14(16)15-12(3)9-10-13-7-5-4-6-8-13/h4-8,11-12H,9-10H2,1-3H3,(H,15,16)/t12-/m0/s1. The van der Waals surface area contributed by atoms with Crippen molar-refractivity contribution in [1.29, 1.82) is 0 Å². The fraction of sp³-hybridized carbons (Fsp3) is 0.500. The van der Waals surface area contributed by atoms with E-state index < -0.39 is 0 Å². The van der Waals surface area contributed by atoms with Gasteiger partial charge in [0.1, 0.15) is 0 Å². The number of hydrogen-bond donors (Lipinski definition) is 1. The molecule has 0 aliphatic rings. The number of rotatable bonds is 5. The molecular weight excluding hydrogens is 198 g/mol. The van der Waals surface area contributed by atoms with E-state index in [0.29, 0.717) is 0 Å².